The van der Waals surface area contributed by atoms with Crippen LogP contribution in [0.4, 0.5) is 10.2 Å². The lowest BCUT2D eigenvalue weighted by Gasteiger charge is -2.13. The lowest BCUT2D eigenvalue weighted by atomic mass is 10.2. The van der Waals surface area contributed by atoms with Crippen molar-refractivity contribution in [3.63, 3.8) is 0 Å². The van der Waals surface area contributed by atoms with Gasteiger partial charge >= 0.3 is 0 Å². The van der Waals surface area contributed by atoms with Gasteiger partial charge in [-0.1, -0.05) is 18.5 Å². The number of benzene rings is 1. The van der Waals surface area contributed by atoms with Crippen LogP contribution in [0, 0.1) is 12.7 Å². The number of halogens is 2. The fourth-order valence-electron chi connectivity index (χ4n) is 1.86. The largest absolute Gasteiger partial charge is 0.507 e. The summed E-state index contributed by atoms with van der Waals surface area (Å²) < 4.78 is 14.1. The van der Waals surface area contributed by atoms with Gasteiger partial charge in [0, 0.05) is 17.6 Å². The summed E-state index contributed by atoms with van der Waals surface area (Å²) in [7, 11) is 0. The van der Waals surface area contributed by atoms with Crippen LogP contribution in [-0.2, 0) is 0 Å². The highest BCUT2D eigenvalue weighted by Crippen LogP contribution is 2.31. The van der Waals surface area contributed by atoms with Crippen molar-refractivity contribution < 1.29 is 9.50 Å². The standard InChI is InChI=1S/C15H18ClFN4O/c1-3-10(18)7-19-15-13(17)8(2)20-14(21-15)11-6-9(16)4-5-12(11)22/h4-6,10,22H,3,7,18H2,1-2H3,(H,19,20,21)/t10-/m1/s1. The van der Waals surface area contributed by atoms with Crippen molar-refractivity contribution in [1.82, 2.24) is 9.97 Å². The van der Waals surface area contributed by atoms with Crippen LogP contribution in [0.2, 0.25) is 5.02 Å². The molecule has 1 heterocycles. The monoisotopic (exact) mass is 324 g/mol. The number of anilines is 1. The van der Waals surface area contributed by atoms with E-state index in [1.165, 1.54) is 19.1 Å². The fraction of sp³-hybridized carbons (Fsp3) is 0.333. The lowest BCUT2D eigenvalue weighted by Crippen LogP contribution is -2.28. The van der Waals surface area contributed by atoms with E-state index in [-0.39, 0.29) is 29.1 Å². The quantitative estimate of drug-likeness (QED) is 0.787. The molecule has 0 bridgehead atoms. The van der Waals surface area contributed by atoms with Crippen LogP contribution in [-0.4, -0.2) is 27.7 Å². The second-order valence-electron chi connectivity index (χ2n) is 5.01. The molecule has 2 rings (SSSR count). The van der Waals surface area contributed by atoms with Crippen molar-refractivity contribution in [2.45, 2.75) is 26.3 Å². The van der Waals surface area contributed by atoms with Crippen LogP contribution in [0.1, 0.15) is 19.0 Å². The third-order valence-corrected chi connectivity index (χ3v) is 3.51. The van der Waals surface area contributed by atoms with Gasteiger partial charge in [0.2, 0.25) is 0 Å². The molecule has 5 nitrogen and oxygen atoms in total. The van der Waals surface area contributed by atoms with E-state index in [0.717, 1.165) is 6.42 Å². The SMILES string of the molecule is CC[C@@H](N)CNc1nc(-c2cc(Cl)ccc2O)nc(C)c1F. The van der Waals surface area contributed by atoms with Crippen LogP contribution in [0.15, 0.2) is 18.2 Å². The average Bonchev–Trinajstić information content (AvgIpc) is 2.50. The number of hydrogen-bond donors (Lipinski definition) is 3. The van der Waals surface area contributed by atoms with Crippen molar-refractivity contribution in [2.24, 2.45) is 5.73 Å². The van der Waals surface area contributed by atoms with Crippen LogP contribution in [0.3, 0.4) is 0 Å². The minimum absolute atomic E-state index is 0.0217. The van der Waals surface area contributed by atoms with Crippen molar-refractivity contribution in [1.29, 1.82) is 0 Å². The van der Waals surface area contributed by atoms with Gasteiger partial charge in [0.25, 0.3) is 0 Å². The second kappa shape index (κ2) is 6.89. The van der Waals surface area contributed by atoms with Gasteiger partial charge in [-0.05, 0) is 31.5 Å². The Morgan fingerprint density at radius 3 is 2.82 bits per heavy atom. The maximum atomic E-state index is 14.1. The van der Waals surface area contributed by atoms with E-state index in [1.807, 2.05) is 6.92 Å². The molecule has 22 heavy (non-hydrogen) atoms. The minimum Gasteiger partial charge on any atom is -0.507 e. The number of aromatic hydroxyl groups is 1. The van der Waals surface area contributed by atoms with E-state index in [9.17, 15) is 9.50 Å². The zero-order chi connectivity index (χ0) is 16.3. The maximum absolute atomic E-state index is 14.1. The molecule has 1 atom stereocenters. The summed E-state index contributed by atoms with van der Waals surface area (Å²) in [5.41, 5.74) is 6.34. The van der Waals surface area contributed by atoms with E-state index in [2.05, 4.69) is 15.3 Å². The summed E-state index contributed by atoms with van der Waals surface area (Å²) >= 11 is 5.93. The first-order valence-corrected chi connectivity index (χ1v) is 7.32. The minimum atomic E-state index is -0.534. The summed E-state index contributed by atoms with van der Waals surface area (Å²) in [5.74, 6) is -0.294. The highest BCUT2D eigenvalue weighted by molar-refractivity contribution is 6.30. The molecule has 4 N–H and O–H groups in total. The third-order valence-electron chi connectivity index (χ3n) is 3.27. The number of rotatable bonds is 5. The first kappa shape index (κ1) is 16.5. The molecule has 0 radical (unpaired) electrons. The molecule has 0 amide bonds. The van der Waals surface area contributed by atoms with Crippen molar-refractivity contribution in [3.05, 3.63) is 34.7 Å². The van der Waals surface area contributed by atoms with Crippen LogP contribution in [0.25, 0.3) is 11.4 Å². The van der Waals surface area contributed by atoms with Crippen LogP contribution >= 0.6 is 11.6 Å². The number of nitrogens with zero attached hydrogens (tertiary/aromatic N) is 2. The molecule has 1 aromatic heterocycles. The fourth-order valence-corrected chi connectivity index (χ4v) is 2.03. The van der Waals surface area contributed by atoms with Crippen molar-refractivity contribution in [2.75, 3.05) is 11.9 Å². The third kappa shape index (κ3) is 3.64. The summed E-state index contributed by atoms with van der Waals surface area (Å²) in [6, 6.07) is 4.43. The molecule has 0 spiro atoms. The summed E-state index contributed by atoms with van der Waals surface area (Å²) in [5, 5.41) is 13.2. The van der Waals surface area contributed by atoms with Crippen LogP contribution in [0.5, 0.6) is 5.75 Å². The molecule has 0 unspecified atom stereocenters. The van der Waals surface area contributed by atoms with E-state index < -0.39 is 5.82 Å². The first-order valence-electron chi connectivity index (χ1n) is 6.94. The number of aromatic nitrogens is 2. The van der Waals surface area contributed by atoms with E-state index in [4.69, 9.17) is 17.3 Å². The van der Waals surface area contributed by atoms with E-state index in [0.29, 0.717) is 17.1 Å². The Morgan fingerprint density at radius 1 is 1.41 bits per heavy atom. The van der Waals surface area contributed by atoms with E-state index >= 15 is 0 Å². The molecule has 0 fully saturated rings. The zero-order valence-electron chi connectivity index (χ0n) is 12.4. The summed E-state index contributed by atoms with van der Waals surface area (Å²) in [6.45, 7) is 3.88. The molecule has 2 aromatic rings. The number of hydrogen-bond acceptors (Lipinski definition) is 5. The maximum Gasteiger partial charge on any atom is 0.186 e. The normalized spacial score (nSPS) is 12.2. The molecular formula is C15H18ClFN4O. The molecule has 0 saturated carbocycles. The van der Waals surface area contributed by atoms with Gasteiger partial charge in [0.15, 0.2) is 17.5 Å². The van der Waals surface area contributed by atoms with Gasteiger partial charge in [-0.15, -0.1) is 0 Å². The van der Waals surface area contributed by atoms with Gasteiger partial charge in [-0.3, -0.25) is 0 Å². The van der Waals surface area contributed by atoms with Gasteiger partial charge in [0.05, 0.1) is 11.3 Å². The first-order chi connectivity index (χ1) is 10.4. The van der Waals surface area contributed by atoms with Gasteiger partial charge < -0.3 is 16.2 Å². The number of nitrogens with one attached hydrogen (secondary N) is 1. The summed E-state index contributed by atoms with van der Waals surface area (Å²) in [4.78, 5) is 8.22. The smallest absolute Gasteiger partial charge is 0.186 e. The predicted octanol–water partition coefficient (Wildman–Crippen LogP) is 3.10. The average molecular weight is 325 g/mol. The Bertz CT molecular complexity index is 681. The molecule has 7 heteroatoms. The second-order valence-corrected chi connectivity index (χ2v) is 5.44. The molecule has 1 aromatic carbocycles. The lowest BCUT2D eigenvalue weighted by molar-refractivity contribution is 0.476. The molecule has 0 saturated heterocycles. The topological polar surface area (TPSA) is 84.1 Å². The Labute approximate surface area is 133 Å². The highest BCUT2D eigenvalue weighted by atomic mass is 35.5. The Morgan fingerprint density at radius 2 is 2.14 bits per heavy atom. The zero-order valence-corrected chi connectivity index (χ0v) is 13.2. The molecular weight excluding hydrogens is 307 g/mol. The van der Waals surface area contributed by atoms with Gasteiger partial charge in [-0.2, -0.15) is 0 Å². The molecule has 0 aliphatic carbocycles. The highest BCUT2D eigenvalue weighted by Gasteiger charge is 2.15. The molecule has 118 valence electrons. The predicted molar refractivity (Wildman–Crippen MR) is 85.6 cm³/mol. The Balaban J connectivity index is 2.41. The molecule has 0 aliphatic heterocycles. The van der Waals surface area contributed by atoms with Gasteiger partial charge in [0.1, 0.15) is 5.75 Å². The number of phenolic OH excluding ortho intramolecular Hbond substituents is 1. The van der Waals surface area contributed by atoms with Crippen molar-refractivity contribution >= 4 is 17.4 Å². The van der Waals surface area contributed by atoms with Gasteiger partial charge in [-0.25, -0.2) is 14.4 Å². The summed E-state index contributed by atoms with van der Waals surface area (Å²) in [6.07, 6.45) is 0.765. The number of nitrogens with two attached hydrogens (primary N) is 1. The Hall–Kier alpha value is -1.92. The molecule has 0 aliphatic rings. The number of phenols is 1. The Kier molecular flexibility index (Phi) is 5.15. The van der Waals surface area contributed by atoms with E-state index in [1.54, 1.807) is 6.07 Å². The number of aryl methyl sites for hydroxylation is 1. The van der Waals surface area contributed by atoms with Crippen molar-refractivity contribution in [3.8, 4) is 17.1 Å². The van der Waals surface area contributed by atoms with Crippen LogP contribution < -0.4 is 11.1 Å².